The predicted octanol–water partition coefficient (Wildman–Crippen LogP) is 2.22. The number of halogens is 1. The lowest BCUT2D eigenvalue weighted by atomic mass is 10.4. The zero-order valence-electron chi connectivity index (χ0n) is 8.83. The Morgan fingerprint density at radius 3 is 2.80 bits per heavy atom. The Kier molecular flexibility index (Phi) is 5.05. The summed E-state index contributed by atoms with van der Waals surface area (Å²) in [7, 11) is -1.95. The van der Waals surface area contributed by atoms with Crippen molar-refractivity contribution in [3.63, 3.8) is 0 Å². The third-order valence-electron chi connectivity index (χ3n) is 1.62. The summed E-state index contributed by atoms with van der Waals surface area (Å²) in [6.07, 6.45) is 3.29. The van der Waals surface area contributed by atoms with Gasteiger partial charge in [-0.3, -0.25) is 4.21 Å². The molecule has 0 aromatic carbocycles. The van der Waals surface area contributed by atoms with Gasteiger partial charge in [0.15, 0.2) is 0 Å². The van der Waals surface area contributed by atoms with E-state index in [1.165, 1.54) is 4.88 Å². The molecule has 0 spiro atoms. The molecule has 6 heteroatoms. The molecule has 1 heterocycles. The van der Waals surface area contributed by atoms with Crippen LogP contribution in [-0.2, 0) is 16.3 Å². The summed E-state index contributed by atoms with van der Waals surface area (Å²) in [4.78, 5) is 1.20. The van der Waals surface area contributed by atoms with Crippen LogP contribution >= 0.6 is 22.9 Å². The largest absolute Gasteiger partial charge is 0.310 e. The minimum Gasteiger partial charge on any atom is -0.310 e. The first-order chi connectivity index (χ1) is 6.97. The van der Waals surface area contributed by atoms with Crippen molar-refractivity contribution < 1.29 is 4.21 Å². The van der Waals surface area contributed by atoms with E-state index in [0.29, 0.717) is 6.54 Å². The van der Waals surface area contributed by atoms with Gasteiger partial charge in [-0.25, -0.2) is 4.36 Å². The first-order valence-electron chi connectivity index (χ1n) is 4.55. The molecule has 0 atom stereocenters. The Labute approximate surface area is 100 Å². The molecule has 1 aromatic rings. The van der Waals surface area contributed by atoms with E-state index in [9.17, 15) is 4.21 Å². The molecule has 0 unspecified atom stereocenters. The molecule has 0 aliphatic carbocycles. The molecule has 1 N–H and O–H groups in total. The van der Waals surface area contributed by atoms with Gasteiger partial charge in [0.1, 0.15) is 0 Å². The lowest BCUT2D eigenvalue weighted by molar-refractivity contribution is 0.675. The lowest BCUT2D eigenvalue weighted by Gasteiger charge is -2.00. The minimum absolute atomic E-state index is 0.588. The van der Waals surface area contributed by atoms with Gasteiger partial charge in [-0.1, -0.05) is 11.6 Å². The molecular weight excluding hydrogens is 252 g/mol. The van der Waals surface area contributed by atoms with Gasteiger partial charge >= 0.3 is 0 Å². The summed E-state index contributed by atoms with van der Waals surface area (Å²) < 4.78 is 16.1. The van der Waals surface area contributed by atoms with E-state index in [1.807, 2.05) is 12.1 Å². The van der Waals surface area contributed by atoms with Gasteiger partial charge < -0.3 is 5.32 Å². The average Bonchev–Trinajstić information content (AvgIpc) is 2.49. The summed E-state index contributed by atoms with van der Waals surface area (Å²) in [5, 5.41) is 3.22. The molecule has 0 aliphatic heterocycles. The maximum absolute atomic E-state index is 11.2. The van der Waals surface area contributed by atoms with Crippen molar-refractivity contribution >= 4 is 32.7 Å². The summed E-state index contributed by atoms with van der Waals surface area (Å²) in [6.45, 7) is 2.13. The van der Waals surface area contributed by atoms with E-state index in [4.69, 9.17) is 11.6 Å². The van der Waals surface area contributed by atoms with Crippen LogP contribution in [0.1, 0.15) is 4.88 Å². The van der Waals surface area contributed by atoms with Gasteiger partial charge in [-0.15, -0.1) is 11.3 Å². The molecule has 0 aliphatic rings. The monoisotopic (exact) mass is 266 g/mol. The molecule has 0 bridgehead atoms. The van der Waals surface area contributed by atoms with Crippen LogP contribution in [0.25, 0.3) is 0 Å². The molecule has 3 nitrogen and oxygen atoms in total. The van der Waals surface area contributed by atoms with E-state index in [0.717, 1.165) is 17.4 Å². The summed E-state index contributed by atoms with van der Waals surface area (Å²) in [5.41, 5.74) is 0. The number of hydrogen-bond donors (Lipinski definition) is 1. The van der Waals surface area contributed by atoms with Crippen LogP contribution in [0.5, 0.6) is 0 Å². The highest BCUT2D eigenvalue weighted by atomic mass is 35.5. The van der Waals surface area contributed by atoms with Gasteiger partial charge in [0.05, 0.1) is 10.9 Å². The number of hydrogen-bond acceptors (Lipinski definition) is 4. The molecule has 86 valence electrons. The van der Waals surface area contributed by atoms with Crippen molar-refractivity contribution in [3.05, 3.63) is 21.3 Å². The van der Waals surface area contributed by atoms with Crippen molar-refractivity contribution in [3.8, 4) is 0 Å². The molecule has 0 saturated carbocycles. The van der Waals surface area contributed by atoms with Crippen molar-refractivity contribution in [2.24, 2.45) is 4.36 Å². The molecule has 0 fully saturated rings. The fourth-order valence-electron chi connectivity index (χ4n) is 1.00. The molecule has 15 heavy (non-hydrogen) atoms. The molecular formula is C9H15ClN2OS2. The van der Waals surface area contributed by atoms with Gasteiger partial charge in [0.2, 0.25) is 0 Å². The zero-order chi connectivity index (χ0) is 11.3. The number of nitrogens with zero attached hydrogens (tertiary/aromatic N) is 1. The highest BCUT2D eigenvalue weighted by Crippen LogP contribution is 2.20. The summed E-state index contributed by atoms with van der Waals surface area (Å²) in [6, 6.07) is 3.89. The fraction of sp³-hybridized carbons (Fsp3) is 0.556. The molecule has 0 saturated heterocycles. The predicted molar refractivity (Wildman–Crippen MR) is 68.3 cm³/mol. The fourth-order valence-corrected chi connectivity index (χ4v) is 2.59. The maximum Gasteiger partial charge on any atom is 0.0931 e. The Bertz CT molecular complexity index is 414. The number of nitrogens with one attached hydrogen (secondary N) is 1. The van der Waals surface area contributed by atoms with E-state index >= 15 is 0 Å². The Hall–Kier alpha value is -0.100. The minimum atomic E-state index is -1.95. The van der Waals surface area contributed by atoms with Crippen LogP contribution in [0.4, 0.5) is 0 Å². The second kappa shape index (κ2) is 5.84. The van der Waals surface area contributed by atoms with Crippen molar-refractivity contribution in [1.29, 1.82) is 0 Å². The summed E-state index contributed by atoms with van der Waals surface area (Å²) in [5.74, 6) is 0. The topological polar surface area (TPSA) is 41.5 Å². The maximum atomic E-state index is 11.2. The van der Waals surface area contributed by atoms with Crippen LogP contribution < -0.4 is 5.32 Å². The number of thiophene rings is 1. The van der Waals surface area contributed by atoms with E-state index < -0.39 is 9.73 Å². The zero-order valence-corrected chi connectivity index (χ0v) is 11.2. The van der Waals surface area contributed by atoms with Gasteiger partial charge in [0, 0.05) is 40.2 Å². The van der Waals surface area contributed by atoms with E-state index in [-0.39, 0.29) is 0 Å². The van der Waals surface area contributed by atoms with Crippen LogP contribution in [-0.4, -0.2) is 29.8 Å². The second-order valence-corrected chi connectivity index (χ2v) is 7.84. The third-order valence-corrected chi connectivity index (χ3v) is 3.65. The second-order valence-electron chi connectivity index (χ2n) is 3.42. The number of rotatable bonds is 5. The first kappa shape index (κ1) is 13.0. The lowest BCUT2D eigenvalue weighted by Crippen LogP contribution is -2.16. The van der Waals surface area contributed by atoms with Crippen LogP contribution in [0.2, 0.25) is 4.34 Å². The molecule has 0 radical (unpaired) electrons. The smallest absolute Gasteiger partial charge is 0.0931 e. The van der Waals surface area contributed by atoms with Gasteiger partial charge in [0.25, 0.3) is 0 Å². The van der Waals surface area contributed by atoms with Crippen molar-refractivity contribution in [1.82, 2.24) is 5.32 Å². The van der Waals surface area contributed by atoms with E-state index in [1.54, 1.807) is 23.8 Å². The molecule has 1 aromatic heterocycles. The third kappa shape index (κ3) is 6.14. The van der Waals surface area contributed by atoms with Gasteiger partial charge in [-0.2, -0.15) is 0 Å². The van der Waals surface area contributed by atoms with Crippen LogP contribution in [0.3, 0.4) is 0 Å². The molecule has 1 rings (SSSR count). The Balaban J connectivity index is 2.21. The summed E-state index contributed by atoms with van der Waals surface area (Å²) >= 11 is 7.36. The first-order valence-corrected chi connectivity index (χ1v) is 8.08. The Morgan fingerprint density at radius 1 is 1.53 bits per heavy atom. The standard InChI is InChI=1S/C9H15ClN2OS2/c1-15(2,13)12-6-5-11-7-8-3-4-9(10)14-8/h3-4,11H,5-7H2,1-2H3. The quantitative estimate of drug-likeness (QED) is 0.831. The van der Waals surface area contributed by atoms with Crippen molar-refractivity contribution in [2.45, 2.75) is 6.54 Å². The highest BCUT2D eigenvalue weighted by Gasteiger charge is 1.96. The molecule has 0 amide bonds. The van der Waals surface area contributed by atoms with Crippen LogP contribution in [0, 0.1) is 0 Å². The normalized spacial score (nSPS) is 11.7. The highest BCUT2D eigenvalue weighted by molar-refractivity contribution is 7.92. The Morgan fingerprint density at radius 2 is 2.27 bits per heavy atom. The average molecular weight is 267 g/mol. The van der Waals surface area contributed by atoms with Crippen LogP contribution in [0.15, 0.2) is 16.5 Å². The van der Waals surface area contributed by atoms with Crippen molar-refractivity contribution in [2.75, 3.05) is 25.6 Å². The SMILES string of the molecule is CS(C)(=O)=NCCNCc1ccc(Cl)s1. The van der Waals surface area contributed by atoms with E-state index in [2.05, 4.69) is 9.68 Å². The van der Waals surface area contributed by atoms with Gasteiger partial charge in [-0.05, 0) is 12.1 Å².